The zero-order valence-electron chi connectivity index (χ0n) is 9.45. The van der Waals surface area contributed by atoms with Crippen LogP contribution in [0.15, 0.2) is 0 Å². The molecule has 1 aliphatic heterocycles. The van der Waals surface area contributed by atoms with Gasteiger partial charge in [0.1, 0.15) is 0 Å². The molecule has 5 heteroatoms. The van der Waals surface area contributed by atoms with Crippen LogP contribution in [0.2, 0.25) is 0 Å². The summed E-state index contributed by atoms with van der Waals surface area (Å²) in [5, 5.41) is 11.5. The minimum absolute atomic E-state index is 0.0162. The average Bonchev–Trinajstić information content (AvgIpc) is 2.63. The second kappa shape index (κ2) is 5.32. The summed E-state index contributed by atoms with van der Waals surface area (Å²) in [6.07, 6.45) is 2.04. The van der Waals surface area contributed by atoms with E-state index >= 15 is 0 Å². The molecule has 0 radical (unpaired) electrons. The Hall–Kier alpha value is -0.810. The van der Waals surface area contributed by atoms with Crippen LogP contribution in [0.25, 0.3) is 0 Å². The van der Waals surface area contributed by atoms with Crippen molar-refractivity contribution >= 4 is 6.03 Å². The van der Waals surface area contributed by atoms with Crippen LogP contribution in [0.5, 0.6) is 0 Å². The fourth-order valence-electron chi connectivity index (χ4n) is 1.63. The molecule has 1 atom stereocenters. The monoisotopic (exact) mass is 216 g/mol. The molecule has 1 aliphatic rings. The summed E-state index contributed by atoms with van der Waals surface area (Å²) in [5.41, 5.74) is -0.213. The van der Waals surface area contributed by atoms with Gasteiger partial charge in [0.05, 0.1) is 12.2 Å². The van der Waals surface area contributed by atoms with E-state index in [1.807, 2.05) is 6.92 Å². The average molecular weight is 216 g/mol. The van der Waals surface area contributed by atoms with Crippen molar-refractivity contribution in [1.29, 1.82) is 0 Å². The van der Waals surface area contributed by atoms with Crippen molar-refractivity contribution in [1.82, 2.24) is 10.2 Å². The normalized spacial score (nSPS) is 25.3. The van der Waals surface area contributed by atoms with Crippen LogP contribution in [0.3, 0.4) is 0 Å². The molecule has 15 heavy (non-hydrogen) atoms. The molecule has 1 heterocycles. The minimum Gasteiger partial charge on any atom is -0.395 e. The number of likely N-dealkylation sites (N-methyl/N-ethyl adjacent to an activating group) is 1. The third-order valence-electron chi connectivity index (χ3n) is 2.70. The molecule has 0 spiro atoms. The maximum atomic E-state index is 11.5. The number of urea groups is 1. The lowest BCUT2D eigenvalue weighted by Gasteiger charge is -2.25. The largest absolute Gasteiger partial charge is 0.395 e. The molecule has 1 rings (SSSR count). The number of amides is 2. The SMILES string of the molecule is CN(CCO)C(=O)NCC1(C)CCCO1. The number of hydrogen-bond donors (Lipinski definition) is 2. The van der Waals surface area contributed by atoms with E-state index in [4.69, 9.17) is 9.84 Å². The summed E-state index contributed by atoms with van der Waals surface area (Å²) in [6.45, 7) is 3.65. The second-order valence-corrected chi connectivity index (χ2v) is 4.21. The van der Waals surface area contributed by atoms with E-state index in [1.54, 1.807) is 7.05 Å². The number of aliphatic hydroxyl groups excluding tert-OH is 1. The number of carbonyl (C=O) groups excluding carboxylic acids is 1. The number of hydrogen-bond acceptors (Lipinski definition) is 3. The van der Waals surface area contributed by atoms with E-state index in [1.165, 1.54) is 4.90 Å². The Morgan fingerprint density at radius 1 is 1.67 bits per heavy atom. The zero-order chi connectivity index (χ0) is 11.3. The summed E-state index contributed by atoms with van der Waals surface area (Å²) in [4.78, 5) is 12.9. The van der Waals surface area contributed by atoms with Gasteiger partial charge >= 0.3 is 6.03 Å². The van der Waals surface area contributed by atoms with E-state index in [0.717, 1.165) is 19.4 Å². The Morgan fingerprint density at radius 3 is 2.93 bits per heavy atom. The van der Waals surface area contributed by atoms with E-state index in [-0.39, 0.29) is 18.2 Å². The fourth-order valence-corrected chi connectivity index (χ4v) is 1.63. The van der Waals surface area contributed by atoms with Crippen LogP contribution in [-0.2, 0) is 4.74 Å². The lowest BCUT2D eigenvalue weighted by molar-refractivity contribution is 0.0220. The van der Waals surface area contributed by atoms with Crippen molar-refractivity contribution in [2.45, 2.75) is 25.4 Å². The molecule has 5 nitrogen and oxygen atoms in total. The van der Waals surface area contributed by atoms with Crippen LogP contribution in [-0.4, -0.2) is 55.0 Å². The van der Waals surface area contributed by atoms with Crippen molar-refractivity contribution < 1.29 is 14.6 Å². The quantitative estimate of drug-likeness (QED) is 0.705. The maximum Gasteiger partial charge on any atom is 0.317 e. The fraction of sp³-hybridized carbons (Fsp3) is 0.900. The first-order valence-electron chi connectivity index (χ1n) is 5.31. The summed E-state index contributed by atoms with van der Waals surface area (Å²) in [7, 11) is 1.66. The van der Waals surface area contributed by atoms with Crippen LogP contribution in [0.1, 0.15) is 19.8 Å². The number of aliphatic hydroxyl groups is 1. The summed E-state index contributed by atoms with van der Waals surface area (Å²) < 4.78 is 5.55. The predicted octanol–water partition coefficient (Wildman–Crippen LogP) is 0.189. The van der Waals surface area contributed by atoms with E-state index in [2.05, 4.69) is 5.32 Å². The number of carbonyl (C=O) groups is 1. The summed E-state index contributed by atoms with van der Waals surface area (Å²) in [5.74, 6) is 0. The Labute approximate surface area is 90.4 Å². The standard InChI is InChI=1S/C10H20N2O3/c1-10(4-3-7-15-10)8-11-9(14)12(2)5-6-13/h13H,3-8H2,1-2H3,(H,11,14). The molecule has 88 valence electrons. The van der Waals surface area contributed by atoms with Crippen molar-refractivity contribution in [2.24, 2.45) is 0 Å². The van der Waals surface area contributed by atoms with Gasteiger partial charge in [0, 0.05) is 26.7 Å². The molecule has 1 saturated heterocycles. The molecule has 0 aromatic rings. The lowest BCUT2D eigenvalue weighted by Crippen LogP contribution is -2.45. The van der Waals surface area contributed by atoms with Gasteiger partial charge in [-0.3, -0.25) is 0 Å². The molecule has 0 aromatic heterocycles. The van der Waals surface area contributed by atoms with Gasteiger partial charge in [-0.15, -0.1) is 0 Å². The van der Waals surface area contributed by atoms with Crippen molar-refractivity contribution in [2.75, 3.05) is 33.4 Å². The molecule has 1 unspecified atom stereocenters. The smallest absolute Gasteiger partial charge is 0.317 e. The topological polar surface area (TPSA) is 61.8 Å². The highest BCUT2D eigenvalue weighted by atomic mass is 16.5. The highest BCUT2D eigenvalue weighted by Gasteiger charge is 2.30. The number of nitrogens with one attached hydrogen (secondary N) is 1. The van der Waals surface area contributed by atoms with Crippen LogP contribution in [0, 0.1) is 0 Å². The first kappa shape index (κ1) is 12.3. The molecule has 0 saturated carbocycles. The third-order valence-corrected chi connectivity index (χ3v) is 2.70. The Bertz CT molecular complexity index is 215. The maximum absolute atomic E-state index is 11.5. The molecule has 0 bridgehead atoms. The van der Waals surface area contributed by atoms with Crippen LogP contribution >= 0.6 is 0 Å². The first-order chi connectivity index (χ1) is 7.07. The summed E-state index contributed by atoms with van der Waals surface area (Å²) in [6, 6.07) is -0.166. The number of rotatable bonds is 4. The van der Waals surface area contributed by atoms with Gasteiger partial charge < -0.3 is 20.1 Å². The van der Waals surface area contributed by atoms with Gasteiger partial charge in [-0.2, -0.15) is 0 Å². The van der Waals surface area contributed by atoms with Crippen molar-refractivity contribution in [3.05, 3.63) is 0 Å². The van der Waals surface area contributed by atoms with E-state index < -0.39 is 0 Å². The molecule has 2 amide bonds. The summed E-state index contributed by atoms with van der Waals surface area (Å²) >= 11 is 0. The first-order valence-corrected chi connectivity index (χ1v) is 5.31. The minimum atomic E-state index is -0.213. The Kier molecular flexibility index (Phi) is 4.35. The predicted molar refractivity (Wildman–Crippen MR) is 56.7 cm³/mol. The van der Waals surface area contributed by atoms with Gasteiger partial charge in [-0.05, 0) is 19.8 Å². The van der Waals surface area contributed by atoms with E-state index in [9.17, 15) is 4.79 Å². The molecule has 1 fully saturated rings. The van der Waals surface area contributed by atoms with Crippen molar-refractivity contribution in [3.8, 4) is 0 Å². The van der Waals surface area contributed by atoms with Gasteiger partial charge in [-0.25, -0.2) is 4.79 Å². The highest BCUT2D eigenvalue weighted by Crippen LogP contribution is 2.23. The van der Waals surface area contributed by atoms with Gasteiger partial charge in [0.25, 0.3) is 0 Å². The van der Waals surface area contributed by atoms with Gasteiger partial charge in [0.15, 0.2) is 0 Å². The molecule has 2 N–H and O–H groups in total. The van der Waals surface area contributed by atoms with Crippen LogP contribution in [0.4, 0.5) is 4.79 Å². The third kappa shape index (κ3) is 3.68. The molecule has 0 aliphatic carbocycles. The Morgan fingerprint density at radius 2 is 2.40 bits per heavy atom. The molecular weight excluding hydrogens is 196 g/mol. The second-order valence-electron chi connectivity index (χ2n) is 4.21. The van der Waals surface area contributed by atoms with Gasteiger partial charge in [-0.1, -0.05) is 0 Å². The van der Waals surface area contributed by atoms with E-state index in [0.29, 0.717) is 13.1 Å². The van der Waals surface area contributed by atoms with Crippen LogP contribution < -0.4 is 5.32 Å². The highest BCUT2D eigenvalue weighted by molar-refractivity contribution is 5.73. The lowest BCUT2D eigenvalue weighted by atomic mass is 10.0. The zero-order valence-corrected chi connectivity index (χ0v) is 9.45. The van der Waals surface area contributed by atoms with Gasteiger partial charge in [0.2, 0.25) is 0 Å². The number of ether oxygens (including phenoxy) is 1. The molecule has 0 aromatic carbocycles. The molecular formula is C10H20N2O3. The number of nitrogens with zero attached hydrogens (tertiary/aromatic N) is 1. The van der Waals surface area contributed by atoms with Crippen molar-refractivity contribution in [3.63, 3.8) is 0 Å². The Balaban J connectivity index is 2.26.